The molecular weight excluding hydrogens is 461 g/mol. The van der Waals surface area contributed by atoms with Crippen LogP contribution in [0.4, 0.5) is 24.8 Å². The van der Waals surface area contributed by atoms with E-state index in [1.54, 1.807) is 19.0 Å². The molecule has 1 saturated heterocycles. The second kappa shape index (κ2) is 9.95. The standard InChI is InChI=1S/C24H29F3N6S/c1-15(2)17-7-9-33(10-8-17)34-19-5-6-21(16(3)11-19)30-23-28-13-20(24(25,26)27)22(31-23)18-12-29-32(4)14-18/h5-6,11-15,17H,7-10H2,1-4H3,(H,28,30,31). The number of halogens is 3. The smallest absolute Gasteiger partial charge is 0.324 e. The first-order chi connectivity index (χ1) is 16.1. The predicted molar refractivity (Wildman–Crippen MR) is 129 cm³/mol. The van der Waals surface area contributed by atoms with Crippen LogP contribution < -0.4 is 5.32 Å². The van der Waals surface area contributed by atoms with Crippen LogP contribution in [0.1, 0.15) is 37.8 Å². The highest BCUT2D eigenvalue weighted by Crippen LogP contribution is 2.37. The molecule has 4 rings (SSSR count). The fourth-order valence-corrected chi connectivity index (χ4v) is 5.20. The molecule has 2 aromatic heterocycles. The summed E-state index contributed by atoms with van der Waals surface area (Å²) in [5, 5.41) is 7.05. The van der Waals surface area contributed by atoms with Crippen LogP contribution >= 0.6 is 11.9 Å². The summed E-state index contributed by atoms with van der Waals surface area (Å²) in [5.74, 6) is 1.63. The molecular formula is C24H29F3N6S. The Bertz CT molecular complexity index is 1140. The molecule has 0 atom stereocenters. The van der Waals surface area contributed by atoms with Gasteiger partial charge in [-0.3, -0.25) is 4.68 Å². The topological polar surface area (TPSA) is 58.9 Å². The van der Waals surface area contributed by atoms with Crippen LogP contribution in [0.25, 0.3) is 11.3 Å². The summed E-state index contributed by atoms with van der Waals surface area (Å²) in [7, 11) is 1.65. The van der Waals surface area contributed by atoms with Crippen molar-refractivity contribution in [2.24, 2.45) is 18.9 Å². The van der Waals surface area contributed by atoms with Crippen molar-refractivity contribution >= 4 is 23.6 Å². The lowest BCUT2D eigenvalue weighted by molar-refractivity contribution is -0.137. The van der Waals surface area contributed by atoms with Gasteiger partial charge >= 0.3 is 6.18 Å². The maximum atomic E-state index is 13.5. The summed E-state index contributed by atoms with van der Waals surface area (Å²) < 4.78 is 44.4. The van der Waals surface area contributed by atoms with Gasteiger partial charge in [0.2, 0.25) is 5.95 Å². The molecule has 6 nitrogen and oxygen atoms in total. The first-order valence-corrected chi connectivity index (χ1v) is 12.1. The van der Waals surface area contributed by atoms with Crippen molar-refractivity contribution in [3.8, 4) is 11.3 Å². The molecule has 0 aliphatic carbocycles. The number of aromatic nitrogens is 4. The number of rotatable bonds is 6. The van der Waals surface area contributed by atoms with Crippen LogP contribution in [-0.4, -0.2) is 37.1 Å². The van der Waals surface area contributed by atoms with E-state index in [2.05, 4.69) is 44.6 Å². The van der Waals surface area contributed by atoms with E-state index < -0.39 is 11.7 Å². The Morgan fingerprint density at radius 1 is 1.15 bits per heavy atom. The van der Waals surface area contributed by atoms with Gasteiger partial charge in [-0.25, -0.2) is 14.3 Å². The zero-order chi connectivity index (χ0) is 24.5. The Labute approximate surface area is 202 Å². The molecule has 3 heterocycles. The van der Waals surface area contributed by atoms with Crippen molar-refractivity contribution in [3.05, 3.63) is 47.9 Å². The first kappa shape index (κ1) is 24.5. The van der Waals surface area contributed by atoms with E-state index in [0.29, 0.717) is 0 Å². The largest absolute Gasteiger partial charge is 0.419 e. The van der Waals surface area contributed by atoms with Gasteiger partial charge in [0, 0.05) is 48.7 Å². The number of hydrogen-bond donors (Lipinski definition) is 1. The second-order valence-electron chi connectivity index (χ2n) is 9.06. The SMILES string of the molecule is Cc1cc(SN2CCC(C(C)C)CC2)ccc1Nc1ncc(C(F)(F)F)c(-c2cnn(C)c2)n1. The van der Waals surface area contributed by atoms with Crippen LogP contribution in [-0.2, 0) is 13.2 Å². The van der Waals surface area contributed by atoms with Gasteiger partial charge in [0.25, 0.3) is 0 Å². The summed E-state index contributed by atoms with van der Waals surface area (Å²) in [4.78, 5) is 9.25. The maximum Gasteiger partial charge on any atom is 0.419 e. The number of benzene rings is 1. The highest BCUT2D eigenvalue weighted by molar-refractivity contribution is 7.97. The second-order valence-corrected chi connectivity index (χ2v) is 10.2. The molecule has 0 saturated carbocycles. The molecule has 0 unspecified atom stereocenters. The Morgan fingerprint density at radius 3 is 2.47 bits per heavy atom. The quantitative estimate of drug-likeness (QED) is 0.408. The number of anilines is 2. The third-order valence-corrected chi connectivity index (χ3v) is 7.28. The van der Waals surface area contributed by atoms with Gasteiger partial charge in [-0.1, -0.05) is 13.8 Å². The van der Waals surface area contributed by atoms with E-state index in [-0.39, 0.29) is 17.2 Å². The summed E-state index contributed by atoms with van der Waals surface area (Å²) in [5.41, 5.74) is 0.904. The minimum Gasteiger partial charge on any atom is -0.324 e. The van der Waals surface area contributed by atoms with Crippen LogP contribution in [0.2, 0.25) is 0 Å². The molecule has 1 aliphatic heterocycles. The van der Waals surface area contributed by atoms with Gasteiger partial charge in [0.15, 0.2) is 0 Å². The third-order valence-electron chi connectivity index (χ3n) is 6.19. The molecule has 0 bridgehead atoms. The van der Waals surface area contributed by atoms with Crippen LogP contribution in [0.3, 0.4) is 0 Å². The lowest BCUT2D eigenvalue weighted by Gasteiger charge is -2.33. The minimum atomic E-state index is -4.57. The van der Waals surface area contributed by atoms with E-state index in [0.717, 1.165) is 47.3 Å². The summed E-state index contributed by atoms with van der Waals surface area (Å²) in [6, 6.07) is 6.01. The monoisotopic (exact) mass is 490 g/mol. The molecule has 182 valence electrons. The van der Waals surface area contributed by atoms with Crippen molar-refractivity contribution < 1.29 is 13.2 Å². The number of nitrogens with one attached hydrogen (secondary N) is 1. The molecule has 1 aliphatic rings. The summed E-state index contributed by atoms with van der Waals surface area (Å²) in [6.45, 7) is 8.70. The van der Waals surface area contributed by atoms with E-state index in [1.807, 2.05) is 19.1 Å². The molecule has 10 heteroatoms. The van der Waals surface area contributed by atoms with Gasteiger partial charge in [0.1, 0.15) is 5.56 Å². The normalized spacial score (nSPS) is 15.8. The molecule has 1 N–H and O–H groups in total. The molecule has 0 spiro atoms. The van der Waals surface area contributed by atoms with Crippen LogP contribution in [0.15, 0.2) is 41.7 Å². The minimum absolute atomic E-state index is 0.103. The van der Waals surface area contributed by atoms with Gasteiger partial charge < -0.3 is 5.32 Å². The lowest BCUT2D eigenvalue weighted by atomic mass is 9.87. The number of aryl methyl sites for hydroxylation is 2. The Kier molecular flexibility index (Phi) is 7.18. The summed E-state index contributed by atoms with van der Waals surface area (Å²) >= 11 is 1.75. The number of nitrogens with zero attached hydrogens (tertiary/aromatic N) is 5. The number of hydrogen-bond acceptors (Lipinski definition) is 6. The van der Waals surface area contributed by atoms with Crippen LogP contribution in [0, 0.1) is 18.8 Å². The molecule has 0 amide bonds. The molecule has 0 radical (unpaired) electrons. The van der Waals surface area contributed by atoms with Crippen molar-refractivity contribution in [2.45, 2.75) is 44.7 Å². The van der Waals surface area contributed by atoms with E-state index in [9.17, 15) is 13.2 Å². The predicted octanol–water partition coefficient (Wildman–Crippen LogP) is 6.32. The average Bonchev–Trinajstić information content (AvgIpc) is 3.21. The highest BCUT2D eigenvalue weighted by atomic mass is 32.2. The van der Waals surface area contributed by atoms with Crippen molar-refractivity contribution in [2.75, 3.05) is 18.4 Å². The molecule has 3 aromatic rings. The highest BCUT2D eigenvalue weighted by Gasteiger charge is 2.35. The van der Waals surface area contributed by atoms with Crippen molar-refractivity contribution in [1.29, 1.82) is 0 Å². The van der Waals surface area contributed by atoms with Gasteiger partial charge in [-0.05, 0) is 67.3 Å². The van der Waals surface area contributed by atoms with Gasteiger partial charge in [-0.2, -0.15) is 18.3 Å². The molecule has 1 aromatic carbocycles. The molecule has 34 heavy (non-hydrogen) atoms. The van der Waals surface area contributed by atoms with Crippen LogP contribution in [0.5, 0.6) is 0 Å². The van der Waals surface area contributed by atoms with Gasteiger partial charge in [-0.15, -0.1) is 0 Å². The van der Waals surface area contributed by atoms with Crippen molar-refractivity contribution in [3.63, 3.8) is 0 Å². The lowest BCUT2D eigenvalue weighted by Crippen LogP contribution is -2.30. The third kappa shape index (κ3) is 5.72. The Balaban J connectivity index is 1.49. The summed E-state index contributed by atoms with van der Waals surface area (Å²) in [6.07, 6.45) is 1.55. The number of alkyl halides is 3. The zero-order valence-corrected chi connectivity index (χ0v) is 20.5. The molecule has 1 fully saturated rings. The fourth-order valence-electron chi connectivity index (χ4n) is 4.15. The first-order valence-electron chi connectivity index (χ1n) is 11.3. The number of piperidine rings is 1. The fraction of sp³-hybridized carbons (Fsp3) is 0.458. The van der Waals surface area contributed by atoms with E-state index in [1.165, 1.54) is 29.9 Å². The zero-order valence-electron chi connectivity index (χ0n) is 19.7. The Hall–Kier alpha value is -2.59. The van der Waals surface area contributed by atoms with Gasteiger partial charge in [0.05, 0.1) is 11.9 Å². The Morgan fingerprint density at radius 2 is 1.88 bits per heavy atom. The maximum absolute atomic E-state index is 13.5. The average molecular weight is 491 g/mol. The van der Waals surface area contributed by atoms with E-state index >= 15 is 0 Å². The van der Waals surface area contributed by atoms with E-state index in [4.69, 9.17) is 0 Å². The van der Waals surface area contributed by atoms with Crippen molar-refractivity contribution in [1.82, 2.24) is 24.1 Å².